The molecule has 1 aromatic rings. The van der Waals surface area contributed by atoms with Gasteiger partial charge in [0.05, 0.1) is 6.26 Å². The van der Waals surface area contributed by atoms with E-state index in [2.05, 4.69) is 0 Å². The van der Waals surface area contributed by atoms with Gasteiger partial charge in [-0.2, -0.15) is 0 Å². The topological polar surface area (TPSA) is 59.5 Å². The van der Waals surface area contributed by atoms with Crippen LogP contribution in [0.15, 0.2) is 16.7 Å². The molecule has 4 nitrogen and oxygen atoms in total. The molecule has 0 radical (unpaired) electrons. The van der Waals surface area contributed by atoms with Crippen molar-refractivity contribution >= 4 is 5.91 Å². The van der Waals surface area contributed by atoms with Gasteiger partial charge in [0, 0.05) is 24.7 Å². The molecule has 1 saturated heterocycles. The van der Waals surface area contributed by atoms with E-state index in [0.29, 0.717) is 11.7 Å². The molecule has 2 heterocycles. The first kappa shape index (κ1) is 11.2. The zero-order valence-electron chi connectivity index (χ0n) is 9.77. The fourth-order valence-electron chi connectivity index (χ4n) is 2.14. The monoisotopic (exact) mass is 222 g/mol. The third-order valence-corrected chi connectivity index (χ3v) is 3.31. The van der Waals surface area contributed by atoms with Crippen molar-refractivity contribution in [3.8, 4) is 0 Å². The Morgan fingerprint density at radius 2 is 2.44 bits per heavy atom. The second kappa shape index (κ2) is 4.29. The molecule has 1 fully saturated rings. The molecule has 2 N–H and O–H groups in total. The summed E-state index contributed by atoms with van der Waals surface area (Å²) in [6.45, 7) is 5.41. The summed E-state index contributed by atoms with van der Waals surface area (Å²) in [5.74, 6) is 0.871. The van der Waals surface area contributed by atoms with Crippen LogP contribution in [0.2, 0.25) is 0 Å². The average Bonchev–Trinajstić information content (AvgIpc) is 2.84. The van der Waals surface area contributed by atoms with Crippen molar-refractivity contribution in [2.45, 2.75) is 26.3 Å². The minimum absolute atomic E-state index is 0.00866. The van der Waals surface area contributed by atoms with Crippen LogP contribution in [0.1, 0.15) is 29.5 Å². The number of carbonyl (C=O) groups excluding carboxylic acids is 1. The number of aryl methyl sites for hydroxylation is 1. The van der Waals surface area contributed by atoms with E-state index in [-0.39, 0.29) is 11.9 Å². The lowest BCUT2D eigenvalue weighted by molar-refractivity contribution is 0.0753. The van der Waals surface area contributed by atoms with Crippen molar-refractivity contribution in [1.29, 1.82) is 0 Å². The molecule has 2 rings (SSSR count). The fraction of sp³-hybridized carbons (Fsp3) is 0.583. The molecular formula is C12H18N2O2. The van der Waals surface area contributed by atoms with Gasteiger partial charge in [0.15, 0.2) is 5.76 Å². The summed E-state index contributed by atoms with van der Waals surface area (Å²) in [4.78, 5) is 13.9. The van der Waals surface area contributed by atoms with Crippen molar-refractivity contribution in [3.05, 3.63) is 23.7 Å². The van der Waals surface area contributed by atoms with E-state index < -0.39 is 0 Å². The Morgan fingerprint density at radius 3 is 2.94 bits per heavy atom. The van der Waals surface area contributed by atoms with Gasteiger partial charge < -0.3 is 15.1 Å². The van der Waals surface area contributed by atoms with Crippen molar-refractivity contribution in [2.75, 3.05) is 13.1 Å². The highest BCUT2D eigenvalue weighted by Crippen LogP contribution is 2.22. The normalized spacial score (nSPS) is 22.4. The van der Waals surface area contributed by atoms with Gasteiger partial charge in [-0.05, 0) is 32.3 Å². The van der Waals surface area contributed by atoms with Crippen LogP contribution in [0, 0.1) is 12.8 Å². The molecule has 4 heteroatoms. The van der Waals surface area contributed by atoms with Gasteiger partial charge in [-0.1, -0.05) is 0 Å². The Labute approximate surface area is 95.4 Å². The predicted octanol–water partition coefficient (Wildman–Crippen LogP) is 1.40. The molecule has 88 valence electrons. The van der Waals surface area contributed by atoms with Crippen LogP contribution < -0.4 is 5.73 Å². The van der Waals surface area contributed by atoms with Crippen LogP contribution in [0.4, 0.5) is 0 Å². The van der Waals surface area contributed by atoms with Gasteiger partial charge in [-0.15, -0.1) is 0 Å². The number of nitrogens with two attached hydrogens (primary N) is 1. The van der Waals surface area contributed by atoms with Crippen LogP contribution in [-0.4, -0.2) is 29.9 Å². The van der Waals surface area contributed by atoms with Crippen molar-refractivity contribution < 1.29 is 9.21 Å². The van der Waals surface area contributed by atoms with E-state index in [1.165, 1.54) is 0 Å². The molecule has 0 spiro atoms. The van der Waals surface area contributed by atoms with Gasteiger partial charge in [0.2, 0.25) is 0 Å². The second-order valence-corrected chi connectivity index (χ2v) is 4.59. The molecule has 1 amide bonds. The fourth-order valence-corrected chi connectivity index (χ4v) is 2.14. The first-order valence-corrected chi connectivity index (χ1v) is 5.68. The lowest BCUT2D eigenvalue weighted by Crippen LogP contribution is -2.33. The van der Waals surface area contributed by atoms with E-state index in [1.807, 2.05) is 24.8 Å². The summed E-state index contributed by atoms with van der Waals surface area (Å²) in [5.41, 5.74) is 6.74. The number of hydrogen-bond donors (Lipinski definition) is 1. The maximum absolute atomic E-state index is 12.1. The first-order valence-electron chi connectivity index (χ1n) is 5.68. The van der Waals surface area contributed by atoms with Crippen LogP contribution in [0.25, 0.3) is 0 Å². The summed E-state index contributed by atoms with van der Waals surface area (Å²) in [6.07, 6.45) is 2.55. The van der Waals surface area contributed by atoms with Gasteiger partial charge in [-0.3, -0.25) is 4.79 Å². The van der Waals surface area contributed by atoms with Gasteiger partial charge in [0.1, 0.15) is 0 Å². The number of rotatable bonds is 2. The predicted molar refractivity (Wildman–Crippen MR) is 61.1 cm³/mol. The number of hydrogen-bond acceptors (Lipinski definition) is 3. The van der Waals surface area contributed by atoms with Crippen LogP contribution in [0.3, 0.4) is 0 Å². The molecule has 0 bridgehead atoms. The highest BCUT2D eigenvalue weighted by Gasteiger charge is 2.30. The molecule has 2 unspecified atom stereocenters. The summed E-state index contributed by atoms with van der Waals surface area (Å²) in [6, 6.07) is 1.96. The molecule has 0 saturated carbocycles. The molecular weight excluding hydrogens is 204 g/mol. The van der Waals surface area contributed by atoms with Gasteiger partial charge in [-0.25, -0.2) is 0 Å². The Morgan fingerprint density at radius 1 is 1.69 bits per heavy atom. The zero-order chi connectivity index (χ0) is 11.7. The second-order valence-electron chi connectivity index (χ2n) is 4.59. The smallest absolute Gasteiger partial charge is 0.289 e. The molecule has 2 atom stereocenters. The summed E-state index contributed by atoms with van der Waals surface area (Å²) in [5, 5.41) is 0. The summed E-state index contributed by atoms with van der Waals surface area (Å²) < 4.78 is 5.21. The van der Waals surface area contributed by atoms with Crippen molar-refractivity contribution in [1.82, 2.24) is 4.90 Å². The van der Waals surface area contributed by atoms with Gasteiger partial charge >= 0.3 is 0 Å². The third kappa shape index (κ3) is 1.97. The lowest BCUT2D eigenvalue weighted by Gasteiger charge is -2.17. The lowest BCUT2D eigenvalue weighted by atomic mass is 10.0. The Hall–Kier alpha value is -1.29. The largest absolute Gasteiger partial charge is 0.459 e. The summed E-state index contributed by atoms with van der Waals surface area (Å²) >= 11 is 0. The van der Waals surface area contributed by atoms with Crippen molar-refractivity contribution in [2.24, 2.45) is 11.7 Å². The minimum Gasteiger partial charge on any atom is -0.459 e. The highest BCUT2D eigenvalue weighted by molar-refractivity contribution is 5.93. The van der Waals surface area contributed by atoms with E-state index in [4.69, 9.17) is 10.2 Å². The molecule has 1 aromatic heterocycles. The summed E-state index contributed by atoms with van der Waals surface area (Å²) in [7, 11) is 0. The maximum Gasteiger partial charge on any atom is 0.289 e. The quantitative estimate of drug-likeness (QED) is 0.822. The van der Waals surface area contributed by atoms with E-state index in [0.717, 1.165) is 25.1 Å². The Kier molecular flexibility index (Phi) is 3.01. The average molecular weight is 222 g/mol. The maximum atomic E-state index is 12.1. The minimum atomic E-state index is -0.00866. The first-order chi connectivity index (χ1) is 7.59. The third-order valence-electron chi connectivity index (χ3n) is 3.31. The number of amides is 1. The van der Waals surface area contributed by atoms with Crippen LogP contribution in [0.5, 0.6) is 0 Å². The van der Waals surface area contributed by atoms with Crippen LogP contribution in [-0.2, 0) is 0 Å². The van der Waals surface area contributed by atoms with Gasteiger partial charge in [0.25, 0.3) is 5.91 Å². The molecule has 1 aliphatic heterocycles. The molecule has 0 aliphatic carbocycles. The highest BCUT2D eigenvalue weighted by atomic mass is 16.3. The molecule has 1 aliphatic rings. The molecule has 16 heavy (non-hydrogen) atoms. The Bertz CT molecular complexity index is 384. The van der Waals surface area contributed by atoms with Crippen molar-refractivity contribution in [3.63, 3.8) is 0 Å². The van der Waals surface area contributed by atoms with Crippen LogP contribution >= 0.6 is 0 Å². The SMILES string of the molecule is Cc1ccoc1C(=O)N1CCC(C(C)N)C1. The van der Waals surface area contributed by atoms with E-state index >= 15 is 0 Å². The molecule has 0 aromatic carbocycles. The number of carbonyl (C=O) groups is 1. The van der Waals surface area contributed by atoms with E-state index in [1.54, 1.807) is 6.26 Å². The van der Waals surface area contributed by atoms with E-state index in [9.17, 15) is 4.79 Å². The number of likely N-dealkylation sites (tertiary alicyclic amines) is 1. The number of nitrogens with zero attached hydrogens (tertiary/aromatic N) is 1. The standard InChI is InChI=1S/C12H18N2O2/c1-8-4-6-16-11(8)12(15)14-5-3-10(7-14)9(2)13/h4,6,9-10H,3,5,7,13H2,1-2H3. The zero-order valence-corrected chi connectivity index (χ0v) is 9.77. The Balaban J connectivity index is 2.05. The number of furan rings is 1.